The molecule has 2 rings (SSSR count). The summed E-state index contributed by atoms with van der Waals surface area (Å²) < 4.78 is 69.2. The minimum absolute atomic E-state index is 0.0456. The van der Waals surface area contributed by atoms with E-state index in [2.05, 4.69) is 9.46 Å². The summed E-state index contributed by atoms with van der Waals surface area (Å²) in [6.07, 6.45) is 0. The quantitative estimate of drug-likeness (QED) is 0.854. The van der Waals surface area contributed by atoms with Crippen LogP contribution in [0.2, 0.25) is 0 Å². The van der Waals surface area contributed by atoms with Crippen LogP contribution >= 0.6 is 0 Å². The van der Waals surface area contributed by atoms with Gasteiger partial charge < -0.3 is 4.74 Å². The van der Waals surface area contributed by atoms with E-state index in [1.807, 2.05) is 0 Å². The second-order valence-electron chi connectivity index (χ2n) is 5.20. The van der Waals surface area contributed by atoms with E-state index in [1.54, 1.807) is 13.0 Å². The molecule has 24 heavy (non-hydrogen) atoms. The zero-order chi connectivity index (χ0) is 17.9. The van der Waals surface area contributed by atoms with Gasteiger partial charge in [0.05, 0.1) is 4.90 Å². The number of nitrogens with one attached hydrogen (secondary N) is 1. The minimum Gasteiger partial charge on any atom is -0.435 e. The molecule has 0 aliphatic carbocycles. The van der Waals surface area contributed by atoms with Crippen LogP contribution in [0.25, 0.3) is 0 Å². The predicted octanol–water partition coefficient (Wildman–Crippen LogP) is 3.78. The largest absolute Gasteiger partial charge is 0.435 e. The molecule has 0 saturated heterocycles. The fourth-order valence-corrected chi connectivity index (χ4v) is 3.70. The molecule has 0 aliphatic heterocycles. The number of rotatable bonds is 6. The van der Waals surface area contributed by atoms with Crippen molar-refractivity contribution in [3.8, 4) is 5.75 Å². The lowest BCUT2D eigenvalue weighted by Crippen LogP contribution is -2.27. The molecule has 0 saturated carbocycles. The molecule has 2 aromatic carbocycles. The number of sulfonamides is 1. The van der Waals surface area contributed by atoms with Gasteiger partial charge in [-0.1, -0.05) is 12.1 Å². The Balaban J connectivity index is 2.23. The van der Waals surface area contributed by atoms with Crippen molar-refractivity contribution in [2.24, 2.45) is 0 Å². The lowest BCUT2D eigenvalue weighted by atomic mass is 10.1. The van der Waals surface area contributed by atoms with Gasteiger partial charge in [-0.05, 0) is 55.3 Å². The third-order valence-corrected chi connectivity index (χ3v) is 5.04. The Kier molecular flexibility index (Phi) is 5.51. The fourth-order valence-electron chi connectivity index (χ4n) is 2.24. The summed E-state index contributed by atoms with van der Waals surface area (Å²) in [7, 11) is -3.90. The van der Waals surface area contributed by atoms with E-state index in [1.165, 1.54) is 31.2 Å². The maximum atomic E-state index is 13.1. The minimum atomic E-state index is -3.90. The standard InChI is InChI=1S/C16H16F3NO3S/c1-10-8-13(17)6-7-15(10)24(21,22)20-11(2)12-4-3-5-14(9-12)23-16(18)19/h3-9,11,16,20H,1-2H3. The highest BCUT2D eigenvalue weighted by atomic mass is 32.2. The van der Waals surface area contributed by atoms with Crippen molar-refractivity contribution in [3.05, 3.63) is 59.4 Å². The molecule has 0 amide bonds. The molecule has 2 aromatic rings. The zero-order valence-corrected chi connectivity index (χ0v) is 13.8. The Labute approximate surface area is 138 Å². The topological polar surface area (TPSA) is 55.4 Å². The summed E-state index contributed by atoms with van der Waals surface area (Å²) in [5.41, 5.74) is 0.723. The third kappa shape index (κ3) is 4.48. The number of ether oxygens (including phenoxy) is 1. The van der Waals surface area contributed by atoms with Crippen LogP contribution in [0.5, 0.6) is 5.75 Å². The molecule has 130 valence electrons. The summed E-state index contributed by atoms with van der Waals surface area (Å²) in [6, 6.07) is 8.41. The van der Waals surface area contributed by atoms with Gasteiger partial charge in [0.25, 0.3) is 0 Å². The molecule has 0 spiro atoms. The van der Waals surface area contributed by atoms with Gasteiger partial charge in [0.2, 0.25) is 10.0 Å². The molecule has 0 heterocycles. The highest BCUT2D eigenvalue weighted by molar-refractivity contribution is 7.89. The number of aryl methyl sites for hydroxylation is 1. The van der Waals surface area contributed by atoms with Gasteiger partial charge in [0.15, 0.2) is 0 Å². The molecular weight excluding hydrogens is 343 g/mol. The Bertz CT molecular complexity index is 825. The van der Waals surface area contributed by atoms with Gasteiger partial charge in [-0.25, -0.2) is 17.5 Å². The maximum absolute atomic E-state index is 13.1. The van der Waals surface area contributed by atoms with Crippen molar-refractivity contribution in [2.75, 3.05) is 0 Å². The van der Waals surface area contributed by atoms with Gasteiger partial charge in [0.1, 0.15) is 11.6 Å². The second kappa shape index (κ2) is 7.23. The van der Waals surface area contributed by atoms with Gasteiger partial charge in [-0.15, -0.1) is 0 Å². The number of alkyl halides is 2. The second-order valence-corrected chi connectivity index (χ2v) is 6.89. The van der Waals surface area contributed by atoms with Gasteiger partial charge in [-0.3, -0.25) is 0 Å². The molecule has 1 unspecified atom stereocenters. The van der Waals surface area contributed by atoms with Crippen LogP contribution in [0.3, 0.4) is 0 Å². The molecule has 0 fully saturated rings. The van der Waals surface area contributed by atoms with Gasteiger partial charge >= 0.3 is 6.61 Å². The zero-order valence-electron chi connectivity index (χ0n) is 13.0. The first-order valence-corrected chi connectivity index (χ1v) is 8.50. The Morgan fingerprint density at radius 2 is 1.83 bits per heavy atom. The van der Waals surface area contributed by atoms with E-state index in [4.69, 9.17) is 0 Å². The van der Waals surface area contributed by atoms with Crippen molar-refractivity contribution >= 4 is 10.0 Å². The fraction of sp³-hybridized carbons (Fsp3) is 0.250. The normalized spacial score (nSPS) is 13.1. The Hall–Kier alpha value is -2.06. The molecule has 0 aromatic heterocycles. The van der Waals surface area contributed by atoms with E-state index < -0.39 is 28.5 Å². The monoisotopic (exact) mass is 359 g/mol. The first kappa shape index (κ1) is 18.3. The molecule has 1 atom stereocenters. The molecule has 1 N–H and O–H groups in total. The Morgan fingerprint density at radius 1 is 1.12 bits per heavy atom. The summed E-state index contributed by atoms with van der Waals surface area (Å²) in [5.74, 6) is -0.595. The van der Waals surface area contributed by atoms with Crippen molar-refractivity contribution in [1.82, 2.24) is 4.72 Å². The summed E-state index contributed by atoms with van der Waals surface area (Å²) in [6.45, 7) is 0.0891. The van der Waals surface area contributed by atoms with Crippen LogP contribution in [0.1, 0.15) is 24.1 Å². The molecular formula is C16H16F3NO3S. The number of benzene rings is 2. The lowest BCUT2D eigenvalue weighted by Gasteiger charge is -2.17. The van der Waals surface area contributed by atoms with Crippen molar-refractivity contribution in [3.63, 3.8) is 0 Å². The summed E-state index contributed by atoms with van der Waals surface area (Å²) in [5, 5.41) is 0. The Morgan fingerprint density at radius 3 is 2.46 bits per heavy atom. The summed E-state index contributed by atoms with van der Waals surface area (Å²) in [4.78, 5) is -0.0456. The van der Waals surface area contributed by atoms with Crippen molar-refractivity contribution < 1.29 is 26.3 Å². The third-order valence-electron chi connectivity index (χ3n) is 3.34. The molecule has 0 bridgehead atoms. The van der Waals surface area contributed by atoms with Crippen molar-refractivity contribution in [2.45, 2.75) is 31.4 Å². The molecule has 0 aliphatic rings. The van der Waals surface area contributed by atoms with Crippen LogP contribution in [0.4, 0.5) is 13.2 Å². The average Bonchev–Trinajstić information content (AvgIpc) is 2.45. The van der Waals surface area contributed by atoms with E-state index >= 15 is 0 Å². The first-order valence-electron chi connectivity index (χ1n) is 7.02. The first-order chi connectivity index (χ1) is 11.2. The van der Waals surface area contributed by atoms with Gasteiger partial charge in [-0.2, -0.15) is 8.78 Å². The lowest BCUT2D eigenvalue weighted by molar-refractivity contribution is -0.0499. The van der Waals surface area contributed by atoms with E-state index in [0.29, 0.717) is 5.56 Å². The molecule has 0 radical (unpaired) electrons. The highest BCUT2D eigenvalue weighted by Crippen LogP contribution is 2.23. The van der Waals surface area contributed by atoms with E-state index in [0.717, 1.165) is 12.1 Å². The van der Waals surface area contributed by atoms with Crippen LogP contribution in [-0.4, -0.2) is 15.0 Å². The van der Waals surface area contributed by atoms with Crippen LogP contribution < -0.4 is 9.46 Å². The summed E-state index contributed by atoms with van der Waals surface area (Å²) >= 11 is 0. The highest BCUT2D eigenvalue weighted by Gasteiger charge is 2.21. The number of halogens is 3. The number of hydrogen-bond donors (Lipinski definition) is 1. The average molecular weight is 359 g/mol. The smallest absolute Gasteiger partial charge is 0.387 e. The van der Waals surface area contributed by atoms with E-state index in [9.17, 15) is 21.6 Å². The predicted molar refractivity (Wildman–Crippen MR) is 82.9 cm³/mol. The molecule has 8 heteroatoms. The SMILES string of the molecule is Cc1cc(F)ccc1S(=O)(=O)NC(C)c1cccc(OC(F)F)c1. The van der Waals surface area contributed by atoms with Gasteiger partial charge in [0, 0.05) is 6.04 Å². The molecule has 4 nitrogen and oxygen atoms in total. The van der Waals surface area contributed by atoms with Crippen LogP contribution in [0.15, 0.2) is 47.4 Å². The van der Waals surface area contributed by atoms with Crippen molar-refractivity contribution in [1.29, 1.82) is 0 Å². The maximum Gasteiger partial charge on any atom is 0.387 e. The number of hydrogen-bond acceptors (Lipinski definition) is 3. The van der Waals surface area contributed by atoms with Crippen LogP contribution in [0, 0.1) is 12.7 Å². The van der Waals surface area contributed by atoms with Crippen LogP contribution in [-0.2, 0) is 10.0 Å². The van der Waals surface area contributed by atoms with E-state index in [-0.39, 0.29) is 16.2 Å².